The van der Waals surface area contributed by atoms with E-state index in [1.165, 1.54) is 0 Å². The van der Waals surface area contributed by atoms with Gasteiger partial charge in [0.2, 0.25) is 5.91 Å². The molecule has 2 rings (SSSR count). The molecule has 78 valence electrons. The third kappa shape index (κ3) is 2.18. The van der Waals surface area contributed by atoms with E-state index in [-0.39, 0.29) is 6.42 Å². The monoisotopic (exact) mass is 210 g/mol. The smallest absolute Gasteiger partial charge is 0.229 e. The minimum Gasteiger partial charge on any atom is -0.369 e. The number of nitrogens with two attached hydrogens (primary N) is 1. The first-order valence-corrected chi connectivity index (χ1v) is 4.88. The molecule has 0 bridgehead atoms. The molecule has 0 atom stereocenters. The molecule has 0 saturated carbocycles. The molecule has 0 aliphatic heterocycles. The molecule has 0 aliphatic carbocycles. The molecular weight excluding hydrogens is 200 g/mol. The summed E-state index contributed by atoms with van der Waals surface area (Å²) in [6.07, 6.45) is 1.82. The van der Waals surface area contributed by atoms with E-state index in [4.69, 9.17) is 5.73 Å². The maximum Gasteiger partial charge on any atom is 0.229 e. The molecule has 0 saturated heterocycles. The molecule has 3 nitrogen and oxygen atoms in total. The van der Waals surface area contributed by atoms with Gasteiger partial charge in [-0.15, -0.1) is 0 Å². The van der Waals surface area contributed by atoms with Crippen LogP contribution < -0.4 is 5.73 Å². The highest BCUT2D eigenvalue weighted by atomic mass is 16.1. The van der Waals surface area contributed by atoms with Crippen LogP contribution in [0.25, 0.3) is 10.9 Å². The predicted octanol–water partition coefficient (Wildman–Crippen LogP) is 1.46. The van der Waals surface area contributed by atoms with Crippen LogP contribution in [0.3, 0.4) is 0 Å². The zero-order valence-corrected chi connectivity index (χ0v) is 8.60. The topological polar surface area (TPSA) is 56.0 Å². The SMILES string of the molecule is NC(=O)CC#Cc1cccc2ncccc12. The maximum atomic E-state index is 10.6. The van der Waals surface area contributed by atoms with Crippen molar-refractivity contribution >= 4 is 16.8 Å². The van der Waals surface area contributed by atoms with Crippen molar-refractivity contribution in [1.82, 2.24) is 4.98 Å². The highest BCUT2D eigenvalue weighted by Crippen LogP contribution is 2.14. The lowest BCUT2D eigenvalue weighted by atomic mass is 10.1. The van der Waals surface area contributed by atoms with E-state index in [0.29, 0.717) is 0 Å². The second kappa shape index (κ2) is 4.45. The zero-order valence-electron chi connectivity index (χ0n) is 8.60. The predicted molar refractivity (Wildman–Crippen MR) is 62.4 cm³/mol. The summed E-state index contributed by atoms with van der Waals surface area (Å²) in [6.45, 7) is 0. The summed E-state index contributed by atoms with van der Waals surface area (Å²) in [4.78, 5) is 14.8. The van der Waals surface area contributed by atoms with Crippen molar-refractivity contribution in [2.75, 3.05) is 0 Å². The van der Waals surface area contributed by atoms with E-state index in [2.05, 4.69) is 16.8 Å². The van der Waals surface area contributed by atoms with E-state index in [1.807, 2.05) is 30.3 Å². The summed E-state index contributed by atoms with van der Waals surface area (Å²) in [5, 5.41) is 0.988. The van der Waals surface area contributed by atoms with Gasteiger partial charge in [-0.2, -0.15) is 0 Å². The van der Waals surface area contributed by atoms with E-state index >= 15 is 0 Å². The summed E-state index contributed by atoms with van der Waals surface area (Å²) in [6, 6.07) is 9.54. The average molecular weight is 210 g/mol. The largest absolute Gasteiger partial charge is 0.369 e. The van der Waals surface area contributed by atoms with Crippen molar-refractivity contribution in [2.45, 2.75) is 6.42 Å². The number of aromatic nitrogens is 1. The van der Waals surface area contributed by atoms with Crippen LogP contribution in [0.5, 0.6) is 0 Å². The lowest BCUT2D eigenvalue weighted by Crippen LogP contribution is -2.08. The molecular formula is C13H10N2O. The van der Waals surface area contributed by atoms with Crippen LogP contribution in [0, 0.1) is 11.8 Å². The Kier molecular flexibility index (Phi) is 2.84. The molecule has 0 spiro atoms. The molecule has 1 heterocycles. The third-order valence-electron chi connectivity index (χ3n) is 2.13. The molecule has 2 N–H and O–H groups in total. The Labute approximate surface area is 93.3 Å². The summed E-state index contributed by atoms with van der Waals surface area (Å²) in [5.41, 5.74) is 6.78. The van der Waals surface area contributed by atoms with Gasteiger partial charge in [-0.3, -0.25) is 9.78 Å². The van der Waals surface area contributed by atoms with Gasteiger partial charge in [-0.05, 0) is 18.2 Å². The number of primary amides is 1. The fourth-order valence-electron chi connectivity index (χ4n) is 1.44. The van der Waals surface area contributed by atoms with Crippen LogP contribution in [0.2, 0.25) is 0 Å². The van der Waals surface area contributed by atoms with Gasteiger partial charge in [-0.1, -0.05) is 24.0 Å². The first-order valence-electron chi connectivity index (χ1n) is 4.88. The number of fused-ring (bicyclic) bond motifs is 1. The maximum absolute atomic E-state index is 10.6. The molecule has 0 unspecified atom stereocenters. The Hall–Kier alpha value is -2.34. The zero-order chi connectivity index (χ0) is 11.4. The Morgan fingerprint density at radius 3 is 3.00 bits per heavy atom. The van der Waals surface area contributed by atoms with Crippen molar-refractivity contribution in [3.05, 3.63) is 42.1 Å². The second-order valence-corrected chi connectivity index (χ2v) is 3.32. The molecule has 1 amide bonds. The fraction of sp³-hybridized carbons (Fsp3) is 0.0769. The van der Waals surface area contributed by atoms with Crippen molar-refractivity contribution in [2.24, 2.45) is 5.73 Å². The number of rotatable bonds is 1. The van der Waals surface area contributed by atoms with E-state index < -0.39 is 5.91 Å². The molecule has 16 heavy (non-hydrogen) atoms. The molecule has 1 aromatic heterocycles. The Balaban J connectivity index is 2.43. The first-order chi connectivity index (χ1) is 7.77. The van der Waals surface area contributed by atoms with E-state index in [9.17, 15) is 4.79 Å². The molecule has 0 fully saturated rings. The first kappa shape index (κ1) is 10.2. The summed E-state index contributed by atoms with van der Waals surface area (Å²) < 4.78 is 0. The quantitative estimate of drug-likeness (QED) is 0.724. The van der Waals surface area contributed by atoms with Crippen LogP contribution >= 0.6 is 0 Å². The number of hydrogen-bond acceptors (Lipinski definition) is 2. The lowest BCUT2D eigenvalue weighted by molar-refractivity contribution is -0.117. The number of carbonyl (C=O) groups excluding carboxylic acids is 1. The number of nitrogens with zero attached hydrogens (tertiary/aromatic N) is 1. The Morgan fingerprint density at radius 2 is 2.19 bits per heavy atom. The molecule has 3 heteroatoms. The van der Waals surface area contributed by atoms with Gasteiger partial charge in [-0.25, -0.2) is 0 Å². The number of carbonyl (C=O) groups is 1. The van der Waals surface area contributed by atoms with Gasteiger partial charge in [0.25, 0.3) is 0 Å². The van der Waals surface area contributed by atoms with Gasteiger partial charge >= 0.3 is 0 Å². The van der Waals surface area contributed by atoms with Gasteiger partial charge < -0.3 is 5.73 Å². The highest BCUT2D eigenvalue weighted by Gasteiger charge is 1.97. The lowest BCUT2D eigenvalue weighted by Gasteiger charge is -1.98. The number of hydrogen-bond donors (Lipinski definition) is 1. The molecule has 2 aromatic rings. The van der Waals surface area contributed by atoms with Crippen molar-refractivity contribution in [3.8, 4) is 11.8 Å². The van der Waals surface area contributed by atoms with Gasteiger partial charge in [0.05, 0.1) is 11.9 Å². The normalized spacial score (nSPS) is 9.50. The van der Waals surface area contributed by atoms with Crippen LogP contribution in [-0.2, 0) is 4.79 Å². The fourth-order valence-corrected chi connectivity index (χ4v) is 1.44. The van der Waals surface area contributed by atoms with E-state index in [0.717, 1.165) is 16.5 Å². The van der Waals surface area contributed by atoms with Crippen LogP contribution in [0.4, 0.5) is 0 Å². The van der Waals surface area contributed by atoms with Gasteiger partial charge in [0.15, 0.2) is 0 Å². The van der Waals surface area contributed by atoms with Crippen LogP contribution in [0.15, 0.2) is 36.5 Å². The van der Waals surface area contributed by atoms with Crippen LogP contribution in [-0.4, -0.2) is 10.9 Å². The standard InChI is InChI=1S/C13H10N2O/c14-13(16)8-2-5-10-4-1-7-12-11(10)6-3-9-15-12/h1,3-4,6-7,9H,8H2,(H2,14,16). The van der Waals surface area contributed by atoms with Crippen molar-refractivity contribution in [1.29, 1.82) is 0 Å². The van der Waals surface area contributed by atoms with Crippen molar-refractivity contribution < 1.29 is 4.79 Å². The van der Waals surface area contributed by atoms with E-state index in [1.54, 1.807) is 6.20 Å². The van der Waals surface area contributed by atoms with Crippen LogP contribution in [0.1, 0.15) is 12.0 Å². The van der Waals surface area contributed by atoms with Gasteiger partial charge in [0.1, 0.15) is 0 Å². The minimum atomic E-state index is -0.411. The molecule has 0 radical (unpaired) electrons. The molecule has 0 aliphatic rings. The summed E-state index contributed by atoms with van der Waals surface area (Å²) in [5.74, 6) is 5.26. The third-order valence-corrected chi connectivity index (χ3v) is 2.13. The van der Waals surface area contributed by atoms with Gasteiger partial charge in [0, 0.05) is 17.1 Å². The second-order valence-electron chi connectivity index (χ2n) is 3.32. The Morgan fingerprint density at radius 1 is 1.31 bits per heavy atom. The molecule has 1 aromatic carbocycles. The minimum absolute atomic E-state index is 0.0800. The average Bonchev–Trinajstić information content (AvgIpc) is 2.29. The summed E-state index contributed by atoms with van der Waals surface area (Å²) >= 11 is 0. The number of amides is 1. The number of benzene rings is 1. The highest BCUT2D eigenvalue weighted by molar-refractivity contribution is 5.85. The van der Waals surface area contributed by atoms with Crippen molar-refractivity contribution in [3.63, 3.8) is 0 Å². The Bertz CT molecular complexity index is 588. The summed E-state index contributed by atoms with van der Waals surface area (Å²) in [7, 11) is 0. The number of pyridine rings is 1.